The average molecular weight is 489 g/mol. The summed E-state index contributed by atoms with van der Waals surface area (Å²) in [6.45, 7) is 9.97. The van der Waals surface area contributed by atoms with Gasteiger partial charge in [-0.25, -0.2) is 19.2 Å². The van der Waals surface area contributed by atoms with Crippen LogP contribution in [0.15, 0.2) is 36.1 Å². The summed E-state index contributed by atoms with van der Waals surface area (Å²) in [7, 11) is -1.21. The smallest absolute Gasteiger partial charge is 0.237 e. The summed E-state index contributed by atoms with van der Waals surface area (Å²) in [6.07, 6.45) is 4.80. The highest BCUT2D eigenvalue weighted by molar-refractivity contribution is 7.86. The van der Waals surface area contributed by atoms with E-state index in [1.807, 2.05) is 26.8 Å². The number of carbonyl (C=O) groups excluding carboxylic acids is 1. The van der Waals surface area contributed by atoms with Gasteiger partial charge < -0.3 is 10.1 Å². The van der Waals surface area contributed by atoms with Crippen LogP contribution in [0.5, 0.6) is 5.88 Å². The first-order valence-electron chi connectivity index (χ1n) is 10.5. The minimum absolute atomic E-state index is 0.249. The lowest BCUT2D eigenvalue weighted by molar-refractivity contribution is -0.120. The molecular weight excluding hydrogens is 460 g/mol. The quantitative estimate of drug-likeness (QED) is 0.442. The molecule has 3 rings (SSSR count). The highest BCUT2D eigenvalue weighted by atomic mass is 32.2. The second-order valence-electron chi connectivity index (χ2n) is 8.23. The van der Waals surface area contributed by atoms with E-state index in [4.69, 9.17) is 4.74 Å². The van der Waals surface area contributed by atoms with Crippen LogP contribution in [0.3, 0.4) is 0 Å². The summed E-state index contributed by atoms with van der Waals surface area (Å²) in [5.41, 5.74) is 1.07. The van der Waals surface area contributed by atoms with Crippen LogP contribution in [0.1, 0.15) is 40.3 Å². The zero-order valence-corrected chi connectivity index (χ0v) is 20.9. The first kappa shape index (κ1) is 24.7. The summed E-state index contributed by atoms with van der Waals surface area (Å²) in [5, 5.41) is 5.17. The number of anilines is 2. The molecule has 0 spiro atoms. The molecule has 3 aromatic heterocycles. The lowest BCUT2D eigenvalue weighted by atomic mass is 9.89. The monoisotopic (exact) mass is 488 g/mol. The van der Waals surface area contributed by atoms with Gasteiger partial charge in [-0.2, -0.15) is 0 Å². The van der Waals surface area contributed by atoms with Gasteiger partial charge in [-0.3, -0.25) is 14.5 Å². The highest BCUT2D eigenvalue weighted by Gasteiger charge is 2.33. The Morgan fingerprint density at radius 2 is 2.00 bits per heavy atom. The number of hydrogen-bond donors (Lipinski definition) is 2. The zero-order chi connectivity index (χ0) is 24.0. The number of rotatable bonds is 10. The molecule has 1 unspecified atom stereocenters. The van der Waals surface area contributed by atoms with Gasteiger partial charge in [0.2, 0.25) is 11.8 Å². The van der Waals surface area contributed by atoms with Crippen LogP contribution in [-0.4, -0.2) is 42.4 Å². The molecule has 3 heterocycles. The minimum atomic E-state index is -1.21. The fourth-order valence-electron chi connectivity index (χ4n) is 2.76. The summed E-state index contributed by atoms with van der Waals surface area (Å²) in [4.78, 5) is 30.3. The molecule has 0 aliphatic rings. The molecule has 0 saturated heterocycles. The van der Waals surface area contributed by atoms with Crippen molar-refractivity contribution in [3.8, 4) is 17.1 Å². The van der Waals surface area contributed by atoms with Crippen molar-refractivity contribution in [2.24, 2.45) is 5.92 Å². The molecule has 2 N–H and O–H groups in total. The molecule has 3 aromatic rings. The maximum atomic E-state index is 13.0. The summed E-state index contributed by atoms with van der Waals surface area (Å²) >= 11 is 1.33. The van der Waals surface area contributed by atoms with Crippen molar-refractivity contribution in [3.63, 3.8) is 0 Å². The van der Waals surface area contributed by atoms with Crippen molar-refractivity contribution in [3.05, 3.63) is 41.8 Å². The summed E-state index contributed by atoms with van der Waals surface area (Å²) in [5.74, 6) is 1.44. The topological polar surface area (TPSA) is 119 Å². The van der Waals surface area contributed by atoms with Gasteiger partial charge in [-0.1, -0.05) is 13.8 Å². The average Bonchev–Trinajstić information content (AvgIpc) is 3.23. The van der Waals surface area contributed by atoms with Crippen molar-refractivity contribution in [1.29, 1.82) is 0 Å². The van der Waals surface area contributed by atoms with Crippen LogP contribution >= 0.6 is 11.3 Å². The largest absolute Gasteiger partial charge is 0.477 e. The first-order valence-corrected chi connectivity index (χ1v) is 12.7. The normalized spacial score (nSPS) is 12.4. The van der Waals surface area contributed by atoms with E-state index in [-0.39, 0.29) is 5.91 Å². The number of hydrogen-bond acceptors (Lipinski definition) is 8. The van der Waals surface area contributed by atoms with Gasteiger partial charge in [0.05, 0.1) is 35.8 Å². The number of nitrogens with zero attached hydrogens (tertiary/aromatic N) is 4. The Hall–Kier alpha value is -2.92. The number of pyridine rings is 1. The van der Waals surface area contributed by atoms with E-state index < -0.39 is 16.4 Å². The lowest BCUT2D eigenvalue weighted by Crippen LogP contribution is -2.35. The number of amides is 1. The number of carbonyl (C=O) groups is 1. The molecule has 176 valence electrons. The molecule has 0 radical (unpaired) electrons. The maximum absolute atomic E-state index is 13.0. The molecule has 9 nitrogen and oxygen atoms in total. The molecule has 0 saturated carbocycles. The van der Waals surface area contributed by atoms with Gasteiger partial charge in [0.1, 0.15) is 16.8 Å². The molecular formula is C22H28N6O3S2. The fraction of sp³-hybridized carbons (Fsp3) is 0.409. The summed E-state index contributed by atoms with van der Waals surface area (Å²) in [6, 6.07) is 3.52. The van der Waals surface area contributed by atoms with Gasteiger partial charge in [-0.15, -0.1) is 11.3 Å². The number of thiazole rings is 1. The fourth-order valence-corrected chi connectivity index (χ4v) is 4.88. The van der Waals surface area contributed by atoms with E-state index in [0.717, 1.165) is 5.56 Å². The predicted octanol–water partition coefficient (Wildman–Crippen LogP) is 4.04. The van der Waals surface area contributed by atoms with E-state index in [1.165, 1.54) is 11.3 Å². The minimum Gasteiger partial charge on any atom is -0.477 e. The van der Waals surface area contributed by atoms with Gasteiger partial charge in [0.25, 0.3) is 0 Å². The van der Waals surface area contributed by atoms with Crippen molar-refractivity contribution >= 4 is 39.2 Å². The third-order valence-corrected chi connectivity index (χ3v) is 6.88. The van der Waals surface area contributed by atoms with E-state index in [2.05, 4.69) is 30.0 Å². The third kappa shape index (κ3) is 6.55. The molecule has 0 bridgehead atoms. The highest BCUT2D eigenvalue weighted by Crippen LogP contribution is 2.29. The van der Waals surface area contributed by atoms with Crippen LogP contribution in [0, 0.1) is 5.92 Å². The molecule has 0 aliphatic carbocycles. The van der Waals surface area contributed by atoms with Gasteiger partial charge >= 0.3 is 0 Å². The SMILES string of the molecule is CCOc1cncc(-c2ccc(NC(=O)C(C)(C)c3csc(NS(=O)CC(C)C)n3)nc2)n1. The van der Waals surface area contributed by atoms with Crippen molar-refractivity contribution in [2.75, 3.05) is 22.4 Å². The van der Waals surface area contributed by atoms with Crippen LogP contribution in [0.25, 0.3) is 11.3 Å². The second kappa shape index (κ2) is 10.8. The molecule has 11 heteroatoms. The second-order valence-corrected chi connectivity index (χ2v) is 10.3. The van der Waals surface area contributed by atoms with E-state index in [1.54, 1.807) is 43.9 Å². The summed E-state index contributed by atoms with van der Waals surface area (Å²) < 4.78 is 20.4. The molecule has 1 atom stereocenters. The van der Waals surface area contributed by atoms with Gasteiger partial charge in [0.15, 0.2) is 5.13 Å². The Morgan fingerprint density at radius 1 is 1.21 bits per heavy atom. The van der Waals surface area contributed by atoms with Crippen molar-refractivity contribution in [2.45, 2.75) is 40.0 Å². The Labute approximate surface area is 200 Å². The van der Waals surface area contributed by atoms with Gasteiger partial charge in [-0.05, 0) is 38.8 Å². The number of aromatic nitrogens is 4. The Balaban J connectivity index is 1.67. The van der Waals surface area contributed by atoms with Crippen LogP contribution < -0.4 is 14.8 Å². The Morgan fingerprint density at radius 3 is 2.67 bits per heavy atom. The number of ether oxygens (including phenoxy) is 1. The Bertz CT molecular complexity index is 1120. The van der Waals surface area contributed by atoms with Gasteiger partial charge in [0, 0.05) is 22.9 Å². The van der Waals surface area contributed by atoms with E-state index >= 15 is 0 Å². The lowest BCUT2D eigenvalue weighted by Gasteiger charge is -2.21. The molecule has 0 aliphatic heterocycles. The van der Waals surface area contributed by atoms with Crippen LogP contribution in [0.4, 0.5) is 10.9 Å². The van der Waals surface area contributed by atoms with Crippen LogP contribution in [-0.2, 0) is 21.2 Å². The Kier molecular flexibility index (Phi) is 8.09. The van der Waals surface area contributed by atoms with Crippen molar-refractivity contribution in [1.82, 2.24) is 19.9 Å². The predicted molar refractivity (Wildman–Crippen MR) is 132 cm³/mol. The van der Waals surface area contributed by atoms with E-state index in [0.29, 0.717) is 46.5 Å². The van der Waals surface area contributed by atoms with Crippen LogP contribution in [0.2, 0.25) is 0 Å². The zero-order valence-electron chi connectivity index (χ0n) is 19.3. The third-order valence-electron chi connectivity index (χ3n) is 4.60. The number of nitrogens with one attached hydrogen (secondary N) is 2. The first-order chi connectivity index (χ1) is 15.7. The van der Waals surface area contributed by atoms with Crippen molar-refractivity contribution < 1.29 is 13.7 Å². The molecule has 0 fully saturated rings. The maximum Gasteiger partial charge on any atom is 0.237 e. The molecule has 0 aromatic carbocycles. The standard InChI is InChI=1S/C22H28N6O3S2/c1-6-31-19-11-23-10-16(25-19)15-7-8-18(24-9-15)27-20(29)22(4,5)17-12-32-21(26-17)28-33(30)13-14(2)3/h7-12,14H,6,13H2,1-5H3,(H,26,28)(H,24,27,29). The van der Waals surface area contributed by atoms with E-state index in [9.17, 15) is 9.00 Å². The molecule has 1 amide bonds. The molecule has 33 heavy (non-hydrogen) atoms.